The lowest BCUT2D eigenvalue weighted by molar-refractivity contribution is 0.0818. The van der Waals surface area contributed by atoms with Gasteiger partial charge < -0.3 is 5.11 Å². The number of aromatic nitrogens is 1. The molecule has 1 unspecified atom stereocenters. The highest BCUT2D eigenvalue weighted by atomic mass is 35.5. The standard InChI is InChI=1S/C17H21ClN2O3S2/c1-11-13(18)8-5-9-15(11)25(22,23)20-17-19-14(10-24-17)16(21)12-6-3-2-4-7-12/h5,8-10,12,16,21H,2-4,6-7H2,1H3,(H,19,20). The van der Waals surface area contributed by atoms with E-state index < -0.39 is 16.1 Å². The lowest BCUT2D eigenvalue weighted by atomic mass is 9.84. The van der Waals surface area contributed by atoms with Gasteiger partial charge in [0.05, 0.1) is 16.7 Å². The molecule has 25 heavy (non-hydrogen) atoms. The number of hydrogen-bond donors (Lipinski definition) is 2. The molecular formula is C17H21ClN2O3S2. The fourth-order valence-electron chi connectivity index (χ4n) is 3.21. The number of nitrogens with zero attached hydrogens (tertiary/aromatic N) is 1. The van der Waals surface area contributed by atoms with Gasteiger partial charge in [-0.25, -0.2) is 13.4 Å². The molecule has 1 aliphatic carbocycles. The van der Waals surface area contributed by atoms with Crippen molar-refractivity contribution in [3.8, 4) is 0 Å². The first-order valence-electron chi connectivity index (χ1n) is 8.30. The van der Waals surface area contributed by atoms with Gasteiger partial charge in [0.1, 0.15) is 0 Å². The van der Waals surface area contributed by atoms with Crippen molar-refractivity contribution in [2.24, 2.45) is 5.92 Å². The zero-order valence-corrected chi connectivity index (χ0v) is 16.3. The van der Waals surface area contributed by atoms with Crippen LogP contribution in [0.1, 0.15) is 49.5 Å². The van der Waals surface area contributed by atoms with Gasteiger partial charge in [0.25, 0.3) is 10.0 Å². The SMILES string of the molecule is Cc1c(Cl)cccc1S(=O)(=O)Nc1nc(C(O)C2CCCCC2)cs1. The third-order valence-corrected chi connectivity index (χ3v) is 7.45. The predicted molar refractivity (Wildman–Crippen MR) is 101 cm³/mol. The summed E-state index contributed by atoms with van der Waals surface area (Å²) < 4.78 is 27.7. The van der Waals surface area contributed by atoms with Gasteiger partial charge in [-0.2, -0.15) is 0 Å². The van der Waals surface area contributed by atoms with Crippen molar-refractivity contribution in [2.45, 2.75) is 50.0 Å². The van der Waals surface area contributed by atoms with Gasteiger partial charge in [-0.1, -0.05) is 36.9 Å². The molecule has 0 amide bonds. The van der Waals surface area contributed by atoms with Crippen molar-refractivity contribution < 1.29 is 13.5 Å². The van der Waals surface area contributed by atoms with Crippen LogP contribution in [0.5, 0.6) is 0 Å². The molecule has 3 rings (SSSR count). The summed E-state index contributed by atoms with van der Waals surface area (Å²) in [6.07, 6.45) is 4.80. The Morgan fingerprint density at radius 2 is 2.04 bits per heavy atom. The number of aliphatic hydroxyl groups is 1. The number of nitrogens with one attached hydrogen (secondary N) is 1. The first-order valence-corrected chi connectivity index (χ1v) is 11.0. The van der Waals surface area contributed by atoms with E-state index in [0.29, 0.717) is 16.3 Å². The molecule has 1 heterocycles. The quantitative estimate of drug-likeness (QED) is 0.773. The molecule has 8 heteroatoms. The summed E-state index contributed by atoms with van der Waals surface area (Å²) in [7, 11) is -3.77. The maximum Gasteiger partial charge on any atom is 0.263 e. The monoisotopic (exact) mass is 400 g/mol. The van der Waals surface area contributed by atoms with Crippen molar-refractivity contribution in [1.29, 1.82) is 0 Å². The number of hydrogen-bond acceptors (Lipinski definition) is 5. The van der Waals surface area contributed by atoms with Crippen LogP contribution in [0.15, 0.2) is 28.5 Å². The number of aliphatic hydroxyl groups excluding tert-OH is 1. The largest absolute Gasteiger partial charge is 0.386 e. The minimum absolute atomic E-state index is 0.129. The number of thiazole rings is 1. The van der Waals surface area contributed by atoms with Crippen molar-refractivity contribution in [1.82, 2.24) is 4.98 Å². The smallest absolute Gasteiger partial charge is 0.263 e. The van der Waals surface area contributed by atoms with E-state index in [1.165, 1.54) is 23.8 Å². The third-order valence-electron chi connectivity index (χ3n) is 4.65. The zero-order chi connectivity index (χ0) is 18.0. The Morgan fingerprint density at radius 1 is 1.32 bits per heavy atom. The first kappa shape index (κ1) is 18.6. The molecule has 0 saturated heterocycles. The molecule has 0 bridgehead atoms. The van der Waals surface area contributed by atoms with Crippen molar-refractivity contribution in [3.63, 3.8) is 0 Å². The van der Waals surface area contributed by atoms with Crippen molar-refractivity contribution in [3.05, 3.63) is 39.9 Å². The molecule has 1 atom stereocenters. The summed E-state index contributed by atoms with van der Waals surface area (Å²) in [4.78, 5) is 4.42. The Kier molecular flexibility index (Phi) is 5.68. The number of rotatable bonds is 5. The second kappa shape index (κ2) is 7.61. The molecule has 1 aromatic carbocycles. The van der Waals surface area contributed by atoms with Crippen molar-refractivity contribution >= 4 is 38.1 Å². The lowest BCUT2D eigenvalue weighted by Crippen LogP contribution is -2.17. The molecule has 2 aromatic rings. The summed E-state index contributed by atoms with van der Waals surface area (Å²) in [5.41, 5.74) is 1.04. The van der Waals surface area contributed by atoms with E-state index >= 15 is 0 Å². The highest BCUT2D eigenvalue weighted by Crippen LogP contribution is 2.35. The van der Waals surface area contributed by atoms with Crippen molar-refractivity contribution in [2.75, 3.05) is 4.72 Å². The molecule has 2 N–H and O–H groups in total. The Balaban J connectivity index is 1.77. The van der Waals surface area contributed by atoms with Gasteiger partial charge in [-0.3, -0.25) is 4.72 Å². The molecule has 0 spiro atoms. The van der Waals surface area contributed by atoms with Crippen LogP contribution in [0, 0.1) is 12.8 Å². The maximum atomic E-state index is 12.6. The number of anilines is 1. The summed E-state index contributed by atoms with van der Waals surface area (Å²) in [6, 6.07) is 4.76. The average Bonchev–Trinajstić information content (AvgIpc) is 3.05. The van der Waals surface area contributed by atoms with E-state index in [9.17, 15) is 13.5 Å². The Labute approximate surface area is 157 Å². The molecule has 0 aliphatic heterocycles. The Bertz CT molecular complexity index is 845. The molecular weight excluding hydrogens is 380 g/mol. The number of benzene rings is 1. The average molecular weight is 401 g/mol. The summed E-state index contributed by atoms with van der Waals surface area (Å²) in [5.74, 6) is 0.204. The van der Waals surface area contributed by atoms with Gasteiger partial charge in [0.15, 0.2) is 5.13 Å². The molecule has 1 aliphatic rings. The number of halogens is 1. The fraction of sp³-hybridized carbons (Fsp3) is 0.471. The van der Waals surface area contributed by atoms with Crippen LogP contribution in [0.4, 0.5) is 5.13 Å². The zero-order valence-electron chi connectivity index (χ0n) is 13.9. The van der Waals surface area contributed by atoms with Gasteiger partial charge in [-0.05, 0) is 43.4 Å². The third kappa shape index (κ3) is 4.16. The molecule has 0 radical (unpaired) electrons. The molecule has 1 fully saturated rings. The first-order chi connectivity index (χ1) is 11.9. The summed E-state index contributed by atoms with van der Waals surface area (Å²) >= 11 is 7.20. The lowest BCUT2D eigenvalue weighted by Gasteiger charge is -2.25. The van der Waals surface area contributed by atoms with Crippen LogP contribution in [-0.2, 0) is 10.0 Å². The summed E-state index contributed by atoms with van der Waals surface area (Å²) in [5, 5.41) is 12.9. The van der Waals surface area contributed by atoms with Crippen LogP contribution < -0.4 is 4.72 Å². The number of sulfonamides is 1. The molecule has 1 saturated carbocycles. The molecule has 1 aromatic heterocycles. The minimum atomic E-state index is -3.77. The van der Waals surface area contributed by atoms with E-state index in [1.54, 1.807) is 24.4 Å². The van der Waals surface area contributed by atoms with Crippen LogP contribution in [0.25, 0.3) is 0 Å². The van der Waals surface area contributed by atoms with Gasteiger partial charge in [0, 0.05) is 10.4 Å². The second-order valence-corrected chi connectivity index (χ2v) is 9.31. The normalized spacial score (nSPS) is 17.4. The van der Waals surface area contributed by atoms with E-state index in [-0.39, 0.29) is 15.9 Å². The Morgan fingerprint density at radius 3 is 2.76 bits per heavy atom. The van der Waals surface area contributed by atoms with E-state index in [2.05, 4.69) is 9.71 Å². The van der Waals surface area contributed by atoms with E-state index in [0.717, 1.165) is 25.7 Å². The second-order valence-electron chi connectivity index (χ2n) is 6.39. The van der Waals surface area contributed by atoms with Crippen LogP contribution >= 0.6 is 22.9 Å². The Hall–Kier alpha value is -1.15. The topological polar surface area (TPSA) is 79.3 Å². The van der Waals surface area contributed by atoms with E-state index in [4.69, 9.17) is 11.6 Å². The van der Waals surface area contributed by atoms with Crippen LogP contribution in [0.2, 0.25) is 5.02 Å². The van der Waals surface area contributed by atoms with Crippen LogP contribution in [-0.4, -0.2) is 18.5 Å². The van der Waals surface area contributed by atoms with Gasteiger partial charge >= 0.3 is 0 Å². The predicted octanol–water partition coefficient (Wildman–Crippen LogP) is 4.52. The summed E-state index contributed by atoms with van der Waals surface area (Å²) in [6.45, 7) is 1.66. The van der Waals surface area contributed by atoms with E-state index in [1.807, 2.05) is 0 Å². The highest BCUT2D eigenvalue weighted by Gasteiger charge is 2.26. The van der Waals surface area contributed by atoms with Gasteiger partial charge in [-0.15, -0.1) is 11.3 Å². The maximum absolute atomic E-state index is 12.6. The molecule has 5 nitrogen and oxygen atoms in total. The molecule has 136 valence electrons. The minimum Gasteiger partial charge on any atom is -0.386 e. The van der Waals surface area contributed by atoms with Crippen LogP contribution in [0.3, 0.4) is 0 Å². The highest BCUT2D eigenvalue weighted by molar-refractivity contribution is 7.93. The van der Waals surface area contributed by atoms with Gasteiger partial charge in [0.2, 0.25) is 0 Å². The fourth-order valence-corrected chi connectivity index (χ4v) is 5.70.